The molecule has 0 heterocycles. The molecule has 1 rings (SSSR count). The van der Waals surface area contributed by atoms with Gasteiger partial charge < -0.3 is 9.84 Å². The number of ether oxygens (including phenoxy) is 1. The zero-order valence-electron chi connectivity index (χ0n) is 10.5. The first-order valence-corrected chi connectivity index (χ1v) is 7.03. The molecule has 0 fully saturated rings. The minimum Gasteiger partial charge on any atom is -0.497 e. The summed E-state index contributed by atoms with van der Waals surface area (Å²) in [5.41, 5.74) is 0.548. The van der Waals surface area contributed by atoms with Gasteiger partial charge in [0.2, 0.25) is 0 Å². The third kappa shape index (κ3) is 3.22. The van der Waals surface area contributed by atoms with Gasteiger partial charge in [-0.05, 0) is 30.7 Å². The standard InChI is InChI=1S/C12H16O5S/c1-8-6-10(17-3)4-5-11(8)18(15,16)7-9(2)12(13)14/h4-6,9H,7H2,1-3H3,(H,13,14). The maximum atomic E-state index is 12.1. The average molecular weight is 272 g/mol. The summed E-state index contributed by atoms with van der Waals surface area (Å²) < 4.78 is 29.1. The van der Waals surface area contributed by atoms with E-state index in [9.17, 15) is 13.2 Å². The van der Waals surface area contributed by atoms with Gasteiger partial charge in [0.05, 0.1) is 23.7 Å². The molecule has 1 N–H and O–H groups in total. The zero-order valence-corrected chi connectivity index (χ0v) is 11.3. The number of sulfone groups is 1. The second-order valence-corrected chi connectivity index (χ2v) is 6.15. The summed E-state index contributed by atoms with van der Waals surface area (Å²) in [6.07, 6.45) is 0. The molecule has 100 valence electrons. The summed E-state index contributed by atoms with van der Waals surface area (Å²) in [7, 11) is -2.10. The lowest BCUT2D eigenvalue weighted by molar-refractivity contribution is -0.140. The van der Waals surface area contributed by atoms with Crippen molar-refractivity contribution < 1.29 is 23.1 Å². The van der Waals surface area contributed by atoms with E-state index >= 15 is 0 Å². The molecule has 0 radical (unpaired) electrons. The van der Waals surface area contributed by atoms with Gasteiger partial charge in [0.1, 0.15) is 5.75 Å². The van der Waals surface area contributed by atoms with Crippen LogP contribution in [0.3, 0.4) is 0 Å². The summed E-state index contributed by atoms with van der Waals surface area (Å²) in [6.45, 7) is 3.03. The van der Waals surface area contributed by atoms with E-state index in [1.165, 1.54) is 20.1 Å². The predicted octanol–water partition coefficient (Wildman–Crippen LogP) is 1.50. The minimum absolute atomic E-state index is 0.149. The molecule has 0 bridgehead atoms. The fraction of sp³-hybridized carbons (Fsp3) is 0.417. The van der Waals surface area contributed by atoms with E-state index in [2.05, 4.69) is 0 Å². The van der Waals surface area contributed by atoms with E-state index in [0.717, 1.165) is 0 Å². The van der Waals surface area contributed by atoms with E-state index in [1.807, 2.05) is 0 Å². The van der Waals surface area contributed by atoms with Crippen molar-refractivity contribution in [1.29, 1.82) is 0 Å². The highest BCUT2D eigenvalue weighted by Crippen LogP contribution is 2.23. The van der Waals surface area contributed by atoms with Crippen LogP contribution >= 0.6 is 0 Å². The van der Waals surface area contributed by atoms with Crippen LogP contribution in [0.2, 0.25) is 0 Å². The van der Waals surface area contributed by atoms with Crippen LogP contribution in [-0.2, 0) is 14.6 Å². The number of methoxy groups -OCH3 is 1. The van der Waals surface area contributed by atoms with Gasteiger partial charge in [-0.3, -0.25) is 4.79 Å². The van der Waals surface area contributed by atoms with Crippen molar-refractivity contribution in [1.82, 2.24) is 0 Å². The Balaban J connectivity index is 3.09. The van der Waals surface area contributed by atoms with Gasteiger partial charge in [-0.15, -0.1) is 0 Å². The normalized spacial score (nSPS) is 13.1. The average Bonchev–Trinajstić information content (AvgIpc) is 2.27. The maximum Gasteiger partial charge on any atom is 0.307 e. The second kappa shape index (κ2) is 5.39. The van der Waals surface area contributed by atoms with Gasteiger partial charge in [-0.2, -0.15) is 0 Å². The molecule has 0 aromatic heterocycles. The lowest BCUT2D eigenvalue weighted by atomic mass is 10.2. The molecule has 18 heavy (non-hydrogen) atoms. The zero-order chi connectivity index (χ0) is 13.9. The molecule has 0 spiro atoms. The lowest BCUT2D eigenvalue weighted by Crippen LogP contribution is -2.21. The topological polar surface area (TPSA) is 80.7 Å². The molecule has 1 unspecified atom stereocenters. The number of carboxylic acids is 1. The summed E-state index contributed by atoms with van der Waals surface area (Å²) >= 11 is 0. The molecule has 0 saturated carbocycles. The molecule has 1 aromatic rings. The first kappa shape index (κ1) is 14.5. The number of benzene rings is 1. The lowest BCUT2D eigenvalue weighted by Gasteiger charge is -2.11. The monoisotopic (exact) mass is 272 g/mol. The highest BCUT2D eigenvalue weighted by Gasteiger charge is 2.24. The maximum absolute atomic E-state index is 12.1. The third-order valence-electron chi connectivity index (χ3n) is 2.61. The van der Waals surface area contributed by atoms with Crippen LogP contribution in [0, 0.1) is 12.8 Å². The Hall–Kier alpha value is -1.56. The molecule has 1 atom stereocenters. The Labute approximate surface area is 106 Å². The first-order chi connectivity index (χ1) is 8.27. The Kier molecular flexibility index (Phi) is 4.34. The Morgan fingerprint density at radius 3 is 2.50 bits per heavy atom. The van der Waals surface area contributed by atoms with Crippen molar-refractivity contribution in [2.75, 3.05) is 12.9 Å². The largest absolute Gasteiger partial charge is 0.497 e. The highest BCUT2D eigenvalue weighted by molar-refractivity contribution is 7.91. The van der Waals surface area contributed by atoms with Crippen molar-refractivity contribution in [2.45, 2.75) is 18.7 Å². The van der Waals surface area contributed by atoms with Gasteiger partial charge in [-0.25, -0.2) is 8.42 Å². The molecule has 5 nitrogen and oxygen atoms in total. The number of carbonyl (C=O) groups is 1. The van der Waals surface area contributed by atoms with Crippen LogP contribution in [0.4, 0.5) is 0 Å². The van der Waals surface area contributed by atoms with Crippen LogP contribution in [-0.4, -0.2) is 32.4 Å². The Morgan fingerprint density at radius 2 is 2.06 bits per heavy atom. The summed E-state index contributed by atoms with van der Waals surface area (Å²) in [5, 5.41) is 8.76. The van der Waals surface area contributed by atoms with Crippen LogP contribution in [0.1, 0.15) is 12.5 Å². The number of hydrogen-bond donors (Lipinski definition) is 1. The SMILES string of the molecule is COc1ccc(S(=O)(=O)CC(C)C(=O)O)c(C)c1. The quantitative estimate of drug-likeness (QED) is 0.878. The van der Waals surface area contributed by atoms with Crippen molar-refractivity contribution in [3.05, 3.63) is 23.8 Å². The summed E-state index contributed by atoms with van der Waals surface area (Å²) in [6, 6.07) is 4.60. The van der Waals surface area contributed by atoms with Crippen LogP contribution in [0.5, 0.6) is 5.75 Å². The fourth-order valence-electron chi connectivity index (χ4n) is 1.59. The molecule has 0 saturated heterocycles. The summed E-state index contributed by atoms with van der Waals surface area (Å²) in [4.78, 5) is 10.9. The van der Waals surface area contributed by atoms with E-state index < -0.39 is 27.5 Å². The third-order valence-corrected chi connectivity index (χ3v) is 4.68. The molecular formula is C12H16O5S. The van der Waals surface area contributed by atoms with Gasteiger partial charge in [0, 0.05) is 0 Å². The van der Waals surface area contributed by atoms with E-state index in [4.69, 9.17) is 9.84 Å². The molecule has 0 amide bonds. The molecule has 1 aromatic carbocycles. The predicted molar refractivity (Wildman–Crippen MR) is 66.6 cm³/mol. The molecular weight excluding hydrogens is 256 g/mol. The van der Waals surface area contributed by atoms with Gasteiger partial charge in [0.15, 0.2) is 9.84 Å². The molecule has 0 aliphatic rings. The Bertz CT molecular complexity index is 548. The highest BCUT2D eigenvalue weighted by atomic mass is 32.2. The van der Waals surface area contributed by atoms with Crippen molar-refractivity contribution in [2.24, 2.45) is 5.92 Å². The van der Waals surface area contributed by atoms with E-state index in [-0.39, 0.29) is 4.90 Å². The van der Waals surface area contributed by atoms with Crippen molar-refractivity contribution in [3.63, 3.8) is 0 Å². The van der Waals surface area contributed by atoms with Crippen molar-refractivity contribution in [3.8, 4) is 5.75 Å². The van der Waals surface area contributed by atoms with Gasteiger partial charge >= 0.3 is 5.97 Å². The van der Waals surface area contributed by atoms with Gasteiger partial charge in [-0.1, -0.05) is 6.92 Å². The van der Waals surface area contributed by atoms with E-state index in [1.54, 1.807) is 19.1 Å². The number of aryl methyl sites for hydroxylation is 1. The fourth-order valence-corrected chi connectivity index (χ4v) is 3.39. The molecule has 0 aliphatic heterocycles. The van der Waals surface area contributed by atoms with Crippen LogP contribution in [0.25, 0.3) is 0 Å². The second-order valence-electron chi connectivity index (χ2n) is 4.15. The van der Waals surface area contributed by atoms with Crippen molar-refractivity contribution >= 4 is 15.8 Å². The number of aliphatic carboxylic acids is 1. The Morgan fingerprint density at radius 1 is 1.44 bits per heavy atom. The molecule has 6 heteroatoms. The summed E-state index contributed by atoms with van der Waals surface area (Å²) in [5.74, 6) is -1.89. The number of carboxylic acid groups (broad SMARTS) is 1. The van der Waals surface area contributed by atoms with Gasteiger partial charge in [0.25, 0.3) is 0 Å². The van der Waals surface area contributed by atoms with E-state index in [0.29, 0.717) is 11.3 Å². The smallest absolute Gasteiger partial charge is 0.307 e. The number of hydrogen-bond acceptors (Lipinski definition) is 4. The first-order valence-electron chi connectivity index (χ1n) is 5.38. The number of rotatable bonds is 5. The van der Waals surface area contributed by atoms with Crippen LogP contribution < -0.4 is 4.74 Å². The minimum atomic E-state index is -3.60. The van der Waals surface area contributed by atoms with Crippen LogP contribution in [0.15, 0.2) is 23.1 Å². The molecule has 0 aliphatic carbocycles.